The summed E-state index contributed by atoms with van der Waals surface area (Å²) in [4.78, 5) is 19.5. The minimum absolute atomic E-state index is 0.0508. The number of nitrogens with two attached hydrogens (primary N) is 1. The van der Waals surface area contributed by atoms with E-state index in [1.54, 1.807) is 12.1 Å². The molecular weight excluding hydrogens is 389 g/mol. The number of amides is 1. The van der Waals surface area contributed by atoms with E-state index in [1.807, 2.05) is 6.92 Å². The van der Waals surface area contributed by atoms with Gasteiger partial charge in [0.25, 0.3) is 11.8 Å². The second-order valence-corrected chi connectivity index (χ2v) is 6.06. The Kier molecular flexibility index (Phi) is 9.87. The molecule has 2 rings (SSSR count). The van der Waals surface area contributed by atoms with Crippen LogP contribution in [0.4, 0.5) is 13.2 Å². The summed E-state index contributed by atoms with van der Waals surface area (Å²) < 4.78 is 46.1. The molecule has 2 aromatic heterocycles. The summed E-state index contributed by atoms with van der Waals surface area (Å²) in [5.41, 5.74) is 6.28. The molecule has 160 valence electrons. The number of methoxy groups -OCH3 is 1. The highest BCUT2D eigenvalue weighted by atomic mass is 19.4. The van der Waals surface area contributed by atoms with Crippen LogP contribution in [0.2, 0.25) is 0 Å². The molecule has 0 fully saturated rings. The summed E-state index contributed by atoms with van der Waals surface area (Å²) in [5, 5.41) is 2.66. The predicted molar refractivity (Wildman–Crippen MR) is 102 cm³/mol. The molecule has 0 aromatic carbocycles. The van der Waals surface area contributed by atoms with Gasteiger partial charge in [0.15, 0.2) is 12.4 Å². The maximum Gasteiger partial charge on any atom is 0.422 e. The van der Waals surface area contributed by atoms with E-state index in [0.29, 0.717) is 17.2 Å². The third-order valence-corrected chi connectivity index (χ3v) is 3.51. The first-order valence-electron chi connectivity index (χ1n) is 8.82. The van der Waals surface area contributed by atoms with E-state index in [4.69, 9.17) is 10.5 Å². The smallest absolute Gasteiger partial charge is 0.422 e. The quantitative estimate of drug-likeness (QED) is 0.722. The van der Waals surface area contributed by atoms with Crippen molar-refractivity contribution < 1.29 is 27.4 Å². The molecule has 0 aliphatic rings. The van der Waals surface area contributed by atoms with Crippen LogP contribution < -0.4 is 20.5 Å². The lowest BCUT2D eigenvalue weighted by Gasteiger charge is -2.12. The van der Waals surface area contributed by atoms with Crippen LogP contribution in [0.1, 0.15) is 36.2 Å². The molecule has 0 aliphatic heterocycles. The van der Waals surface area contributed by atoms with Crippen LogP contribution in [-0.2, 0) is 6.54 Å². The SMILES string of the molecule is CCC(C)N.COc1cc(CNC(=O)c2ccncc2)cnc1OCC(F)(F)F. The van der Waals surface area contributed by atoms with Crippen LogP contribution >= 0.6 is 0 Å². The van der Waals surface area contributed by atoms with E-state index in [-0.39, 0.29) is 24.1 Å². The highest BCUT2D eigenvalue weighted by Gasteiger charge is 2.29. The van der Waals surface area contributed by atoms with Crippen LogP contribution in [-0.4, -0.2) is 41.8 Å². The van der Waals surface area contributed by atoms with Crippen molar-refractivity contribution >= 4 is 5.91 Å². The fraction of sp³-hybridized carbons (Fsp3) is 0.421. The molecule has 7 nitrogen and oxygen atoms in total. The lowest BCUT2D eigenvalue weighted by molar-refractivity contribution is -0.154. The van der Waals surface area contributed by atoms with Gasteiger partial charge in [0.2, 0.25) is 0 Å². The number of carbonyl (C=O) groups is 1. The molecule has 3 N–H and O–H groups in total. The van der Waals surface area contributed by atoms with Crippen molar-refractivity contribution in [3.8, 4) is 11.6 Å². The lowest BCUT2D eigenvalue weighted by Crippen LogP contribution is -2.23. The molecular formula is C19H25F3N4O3. The molecule has 2 aromatic rings. The third kappa shape index (κ3) is 9.74. The Bertz CT molecular complexity index is 756. The Balaban J connectivity index is 0.000000749. The number of halogens is 3. The van der Waals surface area contributed by atoms with Gasteiger partial charge in [0, 0.05) is 36.7 Å². The molecule has 0 bridgehead atoms. The maximum absolute atomic E-state index is 12.2. The summed E-state index contributed by atoms with van der Waals surface area (Å²) >= 11 is 0. The lowest BCUT2D eigenvalue weighted by atomic mass is 10.2. The van der Waals surface area contributed by atoms with Gasteiger partial charge >= 0.3 is 6.18 Å². The highest BCUT2D eigenvalue weighted by Crippen LogP contribution is 2.27. The first-order chi connectivity index (χ1) is 13.7. The number of ether oxygens (including phenoxy) is 2. The predicted octanol–water partition coefficient (Wildman–Crippen LogP) is 3.10. The van der Waals surface area contributed by atoms with Crippen molar-refractivity contribution in [3.05, 3.63) is 47.9 Å². The van der Waals surface area contributed by atoms with Crippen molar-refractivity contribution in [1.29, 1.82) is 0 Å². The molecule has 0 saturated heterocycles. The number of nitrogens with zero attached hydrogens (tertiary/aromatic N) is 2. The van der Waals surface area contributed by atoms with Crippen molar-refractivity contribution in [3.63, 3.8) is 0 Å². The monoisotopic (exact) mass is 414 g/mol. The number of alkyl halides is 3. The molecule has 0 radical (unpaired) electrons. The highest BCUT2D eigenvalue weighted by molar-refractivity contribution is 5.93. The van der Waals surface area contributed by atoms with Crippen LogP contribution in [0.3, 0.4) is 0 Å². The van der Waals surface area contributed by atoms with Crippen molar-refractivity contribution in [2.24, 2.45) is 5.73 Å². The number of hydrogen-bond donors (Lipinski definition) is 2. The summed E-state index contributed by atoms with van der Waals surface area (Å²) in [6.07, 6.45) is 0.906. The van der Waals surface area contributed by atoms with Crippen LogP contribution in [0.25, 0.3) is 0 Å². The molecule has 29 heavy (non-hydrogen) atoms. The minimum atomic E-state index is -4.47. The molecule has 1 atom stereocenters. The van der Waals surface area contributed by atoms with Crippen molar-refractivity contribution in [2.45, 2.75) is 39.0 Å². The van der Waals surface area contributed by atoms with Gasteiger partial charge in [-0.15, -0.1) is 0 Å². The summed E-state index contributed by atoms with van der Waals surface area (Å²) in [6, 6.07) is 4.95. The normalized spacial score (nSPS) is 11.7. The zero-order chi connectivity index (χ0) is 21.9. The molecule has 0 aliphatic carbocycles. The van der Waals surface area contributed by atoms with Crippen LogP contribution in [0.15, 0.2) is 36.8 Å². The topological polar surface area (TPSA) is 99.4 Å². The van der Waals surface area contributed by atoms with Gasteiger partial charge in [0.05, 0.1) is 7.11 Å². The van der Waals surface area contributed by atoms with E-state index in [9.17, 15) is 18.0 Å². The second-order valence-electron chi connectivity index (χ2n) is 6.06. The third-order valence-electron chi connectivity index (χ3n) is 3.51. The number of carbonyl (C=O) groups excluding carboxylic acids is 1. The van der Waals surface area contributed by atoms with Gasteiger partial charge in [-0.3, -0.25) is 9.78 Å². The number of hydrogen-bond acceptors (Lipinski definition) is 6. The van der Waals surface area contributed by atoms with Crippen LogP contribution in [0, 0.1) is 0 Å². The van der Waals surface area contributed by atoms with E-state index in [0.717, 1.165) is 6.42 Å². The summed E-state index contributed by atoms with van der Waals surface area (Å²) in [5.74, 6) is -0.525. The fourth-order valence-electron chi connectivity index (χ4n) is 1.76. The van der Waals surface area contributed by atoms with E-state index in [2.05, 4.69) is 26.9 Å². The number of nitrogens with one attached hydrogen (secondary N) is 1. The number of rotatable bonds is 7. The van der Waals surface area contributed by atoms with Gasteiger partial charge in [-0.05, 0) is 37.1 Å². The standard InChI is InChI=1S/C15H14F3N3O3.C4H11N/c1-23-12-6-10(8-21-14(12)24-9-15(16,17)18)7-20-13(22)11-2-4-19-5-3-11;1-3-4(2)5/h2-6,8H,7,9H2,1H3,(H,20,22);4H,3,5H2,1-2H3. The minimum Gasteiger partial charge on any atom is -0.491 e. The Morgan fingerprint density at radius 1 is 1.31 bits per heavy atom. The largest absolute Gasteiger partial charge is 0.491 e. The molecule has 0 saturated carbocycles. The first kappa shape index (κ1) is 24.2. The van der Waals surface area contributed by atoms with Crippen molar-refractivity contribution in [1.82, 2.24) is 15.3 Å². The van der Waals surface area contributed by atoms with Crippen molar-refractivity contribution in [2.75, 3.05) is 13.7 Å². The van der Waals surface area contributed by atoms with Crippen LogP contribution in [0.5, 0.6) is 11.6 Å². The van der Waals surface area contributed by atoms with Gasteiger partial charge < -0.3 is 20.5 Å². The van der Waals surface area contributed by atoms with E-state index < -0.39 is 12.8 Å². The van der Waals surface area contributed by atoms with Gasteiger partial charge in [-0.25, -0.2) is 4.98 Å². The Labute approximate surface area is 167 Å². The fourth-order valence-corrected chi connectivity index (χ4v) is 1.76. The summed E-state index contributed by atoms with van der Waals surface area (Å²) in [6.45, 7) is 2.74. The number of pyridine rings is 2. The average molecular weight is 414 g/mol. The zero-order valence-corrected chi connectivity index (χ0v) is 16.5. The average Bonchev–Trinajstić information content (AvgIpc) is 2.71. The Morgan fingerprint density at radius 3 is 2.45 bits per heavy atom. The van der Waals surface area contributed by atoms with Gasteiger partial charge in [-0.2, -0.15) is 13.2 Å². The first-order valence-corrected chi connectivity index (χ1v) is 8.82. The van der Waals surface area contributed by atoms with Gasteiger partial charge in [0.1, 0.15) is 0 Å². The molecule has 1 amide bonds. The Morgan fingerprint density at radius 2 is 1.93 bits per heavy atom. The second kappa shape index (κ2) is 11.8. The Hall–Kier alpha value is -2.88. The zero-order valence-electron chi connectivity index (χ0n) is 16.5. The van der Waals surface area contributed by atoms with Gasteiger partial charge in [-0.1, -0.05) is 6.92 Å². The molecule has 1 unspecified atom stereocenters. The number of aromatic nitrogens is 2. The van der Waals surface area contributed by atoms with E-state index >= 15 is 0 Å². The molecule has 2 heterocycles. The summed E-state index contributed by atoms with van der Waals surface area (Å²) in [7, 11) is 1.29. The van der Waals surface area contributed by atoms with E-state index in [1.165, 1.54) is 31.8 Å². The molecule has 10 heteroatoms. The molecule has 0 spiro atoms. The maximum atomic E-state index is 12.2.